The molecule has 1 N–H and O–H groups in total. The lowest BCUT2D eigenvalue weighted by Gasteiger charge is -2.35. The Morgan fingerprint density at radius 3 is 2.83 bits per heavy atom. The number of carbonyl (C=O) groups excluding carboxylic acids is 2. The summed E-state index contributed by atoms with van der Waals surface area (Å²) in [6.45, 7) is 9.17. The third-order valence-electron chi connectivity index (χ3n) is 5.94. The van der Waals surface area contributed by atoms with Gasteiger partial charge in [0.05, 0.1) is 5.92 Å². The van der Waals surface area contributed by atoms with Gasteiger partial charge in [-0.05, 0) is 45.7 Å². The molecule has 3 rings (SSSR count). The molecule has 0 spiro atoms. The van der Waals surface area contributed by atoms with Crippen molar-refractivity contribution in [3.8, 4) is 0 Å². The molecule has 3 saturated heterocycles. The van der Waals surface area contributed by atoms with Gasteiger partial charge in [-0.15, -0.1) is 0 Å². The predicted molar refractivity (Wildman–Crippen MR) is 91.6 cm³/mol. The Morgan fingerprint density at radius 1 is 1.38 bits per heavy atom. The molecule has 0 aromatic heterocycles. The van der Waals surface area contributed by atoms with Gasteiger partial charge >= 0.3 is 0 Å². The van der Waals surface area contributed by atoms with Crippen molar-refractivity contribution in [3.05, 3.63) is 0 Å². The lowest BCUT2D eigenvalue weighted by atomic mass is 9.91. The predicted octanol–water partition coefficient (Wildman–Crippen LogP) is 1.00. The average Bonchev–Trinajstić information content (AvgIpc) is 3.15. The van der Waals surface area contributed by atoms with Gasteiger partial charge in [-0.3, -0.25) is 14.5 Å². The normalized spacial score (nSPS) is 30.8. The summed E-state index contributed by atoms with van der Waals surface area (Å²) in [7, 11) is 0. The highest BCUT2D eigenvalue weighted by Gasteiger charge is 2.39. The maximum absolute atomic E-state index is 12.6. The number of nitrogens with one attached hydrogen (secondary N) is 1. The summed E-state index contributed by atoms with van der Waals surface area (Å²) in [5.41, 5.74) is -0.184. The molecular weight excluding hydrogens is 306 g/mol. The van der Waals surface area contributed by atoms with Crippen LogP contribution in [0.5, 0.6) is 0 Å². The summed E-state index contributed by atoms with van der Waals surface area (Å²) < 4.78 is 5.38. The molecule has 0 saturated carbocycles. The van der Waals surface area contributed by atoms with Crippen molar-refractivity contribution in [2.75, 3.05) is 39.4 Å². The number of nitrogens with zero attached hydrogens (tertiary/aromatic N) is 2. The number of hydrogen-bond donors (Lipinski definition) is 1. The molecule has 2 atom stereocenters. The zero-order chi connectivity index (χ0) is 17.2. The number of rotatable bonds is 5. The molecule has 0 radical (unpaired) electrons. The Morgan fingerprint density at radius 2 is 2.12 bits per heavy atom. The molecule has 6 heteroatoms. The molecule has 3 aliphatic rings. The van der Waals surface area contributed by atoms with Crippen LogP contribution < -0.4 is 5.32 Å². The van der Waals surface area contributed by atoms with Crippen molar-refractivity contribution < 1.29 is 14.3 Å². The van der Waals surface area contributed by atoms with E-state index < -0.39 is 0 Å². The van der Waals surface area contributed by atoms with Crippen LogP contribution in [0.2, 0.25) is 0 Å². The van der Waals surface area contributed by atoms with Crippen molar-refractivity contribution in [2.24, 2.45) is 5.92 Å². The van der Waals surface area contributed by atoms with Gasteiger partial charge in [-0.2, -0.15) is 0 Å². The molecule has 0 aliphatic carbocycles. The van der Waals surface area contributed by atoms with E-state index in [2.05, 4.69) is 24.1 Å². The molecule has 24 heavy (non-hydrogen) atoms. The molecule has 0 unspecified atom stereocenters. The molecule has 136 valence electrons. The Kier molecular flexibility index (Phi) is 5.45. The fraction of sp³-hybridized carbons (Fsp3) is 0.889. The fourth-order valence-corrected chi connectivity index (χ4v) is 4.24. The van der Waals surface area contributed by atoms with Crippen molar-refractivity contribution in [2.45, 2.75) is 57.5 Å². The quantitative estimate of drug-likeness (QED) is 0.813. The summed E-state index contributed by atoms with van der Waals surface area (Å²) >= 11 is 0. The second kappa shape index (κ2) is 7.40. The molecule has 0 aromatic carbocycles. The van der Waals surface area contributed by atoms with Crippen LogP contribution in [0.1, 0.15) is 46.0 Å². The highest BCUT2D eigenvalue weighted by Crippen LogP contribution is 2.25. The zero-order valence-corrected chi connectivity index (χ0v) is 15.1. The monoisotopic (exact) mass is 337 g/mol. The van der Waals surface area contributed by atoms with Gasteiger partial charge in [0.2, 0.25) is 11.8 Å². The van der Waals surface area contributed by atoms with E-state index >= 15 is 0 Å². The van der Waals surface area contributed by atoms with Crippen molar-refractivity contribution in [1.82, 2.24) is 15.1 Å². The third-order valence-corrected chi connectivity index (χ3v) is 5.94. The number of likely N-dealkylation sites (N-methyl/N-ethyl adjacent to an activating group) is 1. The van der Waals surface area contributed by atoms with Crippen molar-refractivity contribution in [1.29, 1.82) is 0 Å². The highest BCUT2D eigenvalue weighted by atomic mass is 16.5. The zero-order valence-electron chi connectivity index (χ0n) is 15.1. The Hall–Kier alpha value is -1.14. The Balaban J connectivity index is 1.53. The molecule has 0 bridgehead atoms. The van der Waals surface area contributed by atoms with E-state index in [4.69, 9.17) is 4.74 Å². The smallest absolute Gasteiger partial charge is 0.225 e. The largest absolute Gasteiger partial charge is 0.381 e. The van der Waals surface area contributed by atoms with Crippen LogP contribution in [0.15, 0.2) is 0 Å². The van der Waals surface area contributed by atoms with E-state index in [1.807, 2.05) is 4.90 Å². The van der Waals surface area contributed by atoms with E-state index in [0.29, 0.717) is 32.2 Å². The average molecular weight is 337 g/mol. The van der Waals surface area contributed by atoms with Gasteiger partial charge in [0, 0.05) is 44.3 Å². The summed E-state index contributed by atoms with van der Waals surface area (Å²) in [6, 6.07) is 0.466. The van der Waals surface area contributed by atoms with Gasteiger partial charge in [-0.1, -0.05) is 6.92 Å². The molecule has 6 nitrogen and oxygen atoms in total. The molecular formula is C18H31N3O3. The topological polar surface area (TPSA) is 61.9 Å². The summed E-state index contributed by atoms with van der Waals surface area (Å²) in [5, 5.41) is 3.18. The first kappa shape index (κ1) is 17.7. The maximum Gasteiger partial charge on any atom is 0.225 e. The van der Waals surface area contributed by atoms with Crippen molar-refractivity contribution in [3.63, 3.8) is 0 Å². The molecule has 3 fully saturated rings. The van der Waals surface area contributed by atoms with E-state index in [1.165, 1.54) is 6.42 Å². The third kappa shape index (κ3) is 3.91. The maximum atomic E-state index is 12.6. The minimum absolute atomic E-state index is 0.0361. The lowest BCUT2D eigenvalue weighted by Crippen LogP contribution is -2.51. The van der Waals surface area contributed by atoms with E-state index in [-0.39, 0.29) is 23.3 Å². The van der Waals surface area contributed by atoms with Crippen LogP contribution >= 0.6 is 0 Å². The molecule has 3 aliphatic heterocycles. The lowest BCUT2D eigenvalue weighted by molar-refractivity contribution is -0.130. The second-order valence-electron chi connectivity index (χ2n) is 7.79. The number of hydrogen-bond acceptors (Lipinski definition) is 4. The van der Waals surface area contributed by atoms with Crippen LogP contribution in [0, 0.1) is 5.92 Å². The second-order valence-corrected chi connectivity index (χ2v) is 7.79. The Labute approximate surface area is 144 Å². The number of amides is 2. The minimum Gasteiger partial charge on any atom is -0.381 e. The van der Waals surface area contributed by atoms with Gasteiger partial charge in [0.1, 0.15) is 0 Å². The van der Waals surface area contributed by atoms with Crippen LogP contribution in [0.4, 0.5) is 0 Å². The van der Waals surface area contributed by atoms with Gasteiger partial charge in [0.15, 0.2) is 0 Å². The Bertz CT molecular complexity index is 476. The first-order valence-corrected chi connectivity index (χ1v) is 9.42. The molecule has 0 aromatic rings. The standard InChI is InChI=1S/C18H31N3O3/c1-3-20-8-4-5-15(20)13-21-12-14(11-16(21)22)17(23)19-18(2)6-9-24-10-7-18/h14-15H,3-13H2,1-2H3,(H,19,23)/t14-,15-/m1/s1. The van der Waals surface area contributed by atoms with Gasteiger partial charge in [0.25, 0.3) is 0 Å². The molecule has 3 heterocycles. The van der Waals surface area contributed by atoms with Crippen LogP contribution in [-0.2, 0) is 14.3 Å². The number of ether oxygens (including phenoxy) is 1. The van der Waals surface area contributed by atoms with Crippen LogP contribution in [0.3, 0.4) is 0 Å². The van der Waals surface area contributed by atoms with E-state index in [9.17, 15) is 9.59 Å². The number of carbonyl (C=O) groups is 2. The minimum atomic E-state index is -0.200. The first-order chi connectivity index (χ1) is 11.5. The first-order valence-electron chi connectivity index (χ1n) is 9.42. The summed E-state index contributed by atoms with van der Waals surface area (Å²) in [6.07, 6.45) is 4.42. The van der Waals surface area contributed by atoms with Gasteiger partial charge < -0.3 is 15.0 Å². The highest BCUT2D eigenvalue weighted by molar-refractivity contribution is 5.89. The van der Waals surface area contributed by atoms with Crippen molar-refractivity contribution >= 4 is 11.8 Å². The van der Waals surface area contributed by atoms with Crippen LogP contribution in [0.25, 0.3) is 0 Å². The van der Waals surface area contributed by atoms with Crippen LogP contribution in [-0.4, -0.2) is 72.6 Å². The summed E-state index contributed by atoms with van der Waals surface area (Å²) in [5.74, 6) is -0.0297. The SMILES string of the molecule is CCN1CCC[C@@H]1CN1C[C@H](C(=O)NC2(C)CCOCC2)CC1=O. The van der Waals surface area contributed by atoms with E-state index in [0.717, 1.165) is 38.9 Å². The molecule has 2 amide bonds. The summed E-state index contributed by atoms with van der Waals surface area (Å²) in [4.78, 5) is 29.3. The van der Waals surface area contributed by atoms with E-state index in [1.54, 1.807) is 0 Å². The van der Waals surface area contributed by atoms with Gasteiger partial charge in [-0.25, -0.2) is 0 Å². The fourth-order valence-electron chi connectivity index (χ4n) is 4.24. The number of likely N-dealkylation sites (tertiary alicyclic amines) is 2.